The smallest absolute Gasteiger partial charge is 0.272 e. The van der Waals surface area contributed by atoms with E-state index in [9.17, 15) is 13.2 Å². The van der Waals surface area contributed by atoms with Gasteiger partial charge in [0.15, 0.2) is 0 Å². The van der Waals surface area contributed by atoms with Crippen LogP contribution in [0.25, 0.3) is 0 Å². The lowest BCUT2D eigenvalue weighted by atomic mass is 10.0. The molecule has 0 aliphatic carbocycles. The van der Waals surface area contributed by atoms with E-state index in [2.05, 4.69) is 23.5 Å². The molecule has 3 heterocycles. The van der Waals surface area contributed by atoms with Gasteiger partial charge in [-0.2, -0.15) is 0 Å². The standard InChI is InChI=1S/C18H26ClN3O3S2/c1-13(2)21-10-4-3-5-17(21)22-11-8-15(18(22)23)20-27(24,25)12-9-14-6-7-16(19)26-14/h6-8,13,17,20H,3-5,9-12H2,1-2H3/t17-/m0/s1. The molecule has 0 unspecified atom stereocenters. The van der Waals surface area contributed by atoms with Crippen LogP contribution in [0, 0.1) is 0 Å². The van der Waals surface area contributed by atoms with E-state index in [0.29, 0.717) is 23.3 Å². The first-order valence-electron chi connectivity index (χ1n) is 9.28. The number of thiophene rings is 1. The normalized spacial score (nSPS) is 21.8. The Morgan fingerprint density at radius 2 is 2.11 bits per heavy atom. The van der Waals surface area contributed by atoms with Gasteiger partial charge in [0.25, 0.3) is 5.91 Å². The number of sulfonamides is 1. The Morgan fingerprint density at radius 1 is 1.33 bits per heavy atom. The summed E-state index contributed by atoms with van der Waals surface area (Å²) in [6, 6.07) is 3.93. The number of amides is 1. The lowest BCUT2D eigenvalue weighted by Crippen LogP contribution is -2.54. The van der Waals surface area contributed by atoms with E-state index in [1.807, 2.05) is 6.07 Å². The molecular formula is C18H26ClN3O3S2. The number of likely N-dealkylation sites (tertiary alicyclic amines) is 1. The highest BCUT2D eigenvalue weighted by Gasteiger charge is 2.36. The van der Waals surface area contributed by atoms with Gasteiger partial charge in [-0.1, -0.05) is 11.6 Å². The van der Waals surface area contributed by atoms with Crippen molar-refractivity contribution in [2.24, 2.45) is 0 Å². The van der Waals surface area contributed by atoms with Crippen molar-refractivity contribution in [1.82, 2.24) is 14.5 Å². The molecule has 1 fully saturated rings. The van der Waals surface area contributed by atoms with Crippen molar-refractivity contribution in [3.63, 3.8) is 0 Å². The largest absolute Gasteiger partial charge is 0.318 e. The van der Waals surface area contributed by atoms with Gasteiger partial charge in [0.1, 0.15) is 5.70 Å². The Kier molecular flexibility index (Phi) is 6.50. The lowest BCUT2D eigenvalue weighted by molar-refractivity contribution is -0.133. The average Bonchev–Trinajstić information content (AvgIpc) is 3.19. The quantitative estimate of drug-likeness (QED) is 0.720. The van der Waals surface area contributed by atoms with E-state index in [4.69, 9.17) is 11.6 Å². The highest BCUT2D eigenvalue weighted by molar-refractivity contribution is 7.89. The highest BCUT2D eigenvalue weighted by Crippen LogP contribution is 2.26. The van der Waals surface area contributed by atoms with Crippen LogP contribution in [0.3, 0.4) is 0 Å². The third-order valence-corrected chi connectivity index (χ3v) is 7.59. The van der Waals surface area contributed by atoms with Crippen LogP contribution in [0.4, 0.5) is 0 Å². The molecule has 1 N–H and O–H groups in total. The Bertz CT molecular complexity index is 820. The second kappa shape index (κ2) is 8.51. The molecule has 3 rings (SSSR count). The van der Waals surface area contributed by atoms with Gasteiger partial charge in [-0.3, -0.25) is 14.4 Å². The monoisotopic (exact) mass is 431 g/mol. The predicted octanol–water partition coefficient (Wildman–Crippen LogP) is 2.81. The Hall–Kier alpha value is -1.09. The SMILES string of the molecule is CC(C)N1CCCC[C@@H]1N1CC=C(NS(=O)(=O)CCc2ccc(Cl)s2)C1=O. The number of rotatable bonds is 7. The lowest BCUT2D eigenvalue weighted by Gasteiger charge is -2.43. The van der Waals surface area contributed by atoms with Crippen LogP contribution in [-0.4, -0.2) is 55.2 Å². The number of nitrogens with zero attached hydrogens (tertiary/aromatic N) is 2. The first-order valence-corrected chi connectivity index (χ1v) is 12.1. The van der Waals surface area contributed by atoms with E-state index < -0.39 is 10.0 Å². The molecule has 0 aromatic carbocycles. The minimum atomic E-state index is -3.59. The van der Waals surface area contributed by atoms with Gasteiger partial charge >= 0.3 is 0 Å². The zero-order valence-electron chi connectivity index (χ0n) is 15.7. The zero-order valence-corrected chi connectivity index (χ0v) is 18.0. The van der Waals surface area contributed by atoms with E-state index >= 15 is 0 Å². The van der Waals surface area contributed by atoms with E-state index in [1.54, 1.807) is 17.0 Å². The summed E-state index contributed by atoms with van der Waals surface area (Å²) in [4.78, 5) is 17.8. The maximum absolute atomic E-state index is 12.8. The van der Waals surface area contributed by atoms with Crippen LogP contribution in [0.2, 0.25) is 4.34 Å². The van der Waals surface area contributed by atoms with Crippen LogP contribution >= 0.6 is 22.9 Å². The first-order chi connectivity index (χ1) is 12.8. The molecule has 1 aromatic heterocycles. The van der Waals surface area contributed by atoms with Crippen molar-refractivity contribution in [3.8, 4) is 0 Å². The Morgan fingerprint density at radius 3 is 2.78 bits per heavy atom. The van der Waals surface area contributed by atoms with Crippen molar-refractivity contribution in [1.29, 1.82) is 0 Å². The third kappa shape index (κ3) is 5.04. The number of carbonyl (C=O) groups excluding carboxylic acids is 1. The number of hydrogen-bond donors (Lipinski definition) is 1. The van der Waals surface area contributed by atoms with Gasteiger partial charge in [0.05, 0.1) is 16.3 Å². The fourth-order valence-corrected chi connectivity index (χ4v) is 5.98. The highest BCUT2D eigenvalue weighted by atomic mass is 35.5. The maximum atomic E-state index is 12.8. The van der Waals surface area contributed by atoms with Crippen LogP contribution in [0.5, 0.6) is 0 Å². The summed E-state index contributed by atoms with van der Waals surface area (Å²) in [5.41, 5.74) is 0.175. The van der Waals surface area contributed by atoms with Crippen molar-refractivity contribution in [2.75, 3.05) is 18.8 Å². The summed E-state index contributed by atoms with van der Waals surface area (Å²) in [6.07, 6.45) is 5.25. The van der Waals surface area contributed by atoms with E-state index in [0.717, 1.165) is 30.7 Å². The maximum Gasteiger partial charge on any atom is 0.272 e. The molecule has 1 atom stereocenters. The number of carbonyl (C=O) groups is 1. The fraction of sp³-hybridized carbons (Fsp3) is 0.611. The van der Waals surface area contributed by atoms with Gasteiger partial charge in [-0.25, -0.2) is 8.42 Å². The van der Waals surface area contributed by atoms with Crippen molar-refractivity contribution in [2.45, 2.75) is 51.7 Å². The van der Waals surface area contributed by atoms with Gasteiger partial charge in [0.2, 0.25) is 10.0 Å². The number of nitrogens with one attached hydrogen (secondary N) is 1. The molecule has 6 nitrogen and oxygen atoms in total. The molecule has 1 aromatic rings. The number of halogens is 1. The summed E-state index contributed by atoms with van der Waals surface area (Å²) in [5, 5.41) is 0. The molecular weight excluding hydrogens is 406 g/mol. The predicted molar refractivity (Wildman–Crippen MR) is 109 cm³/mol. The molecule has 27 heavy (non-hydrogen) atoms. The van der Waals surface area contributed by atoms with Crippen molar-refractivity contribution in [3.05, 3.63) is 33.1 Å². The molecule has 0 spiro atoms. The van der Waals surface area contributed by atoms with Crippen LogP contribution < -0.4 is 4.72 Å². The molecule has 0 bridgehead atoms. The van der Waals surface area contributed by atoms with Crippen LogP contribution in [0.1, 0.15) is 38.0 Å². The fourth-order valence-electron chi connectivity index (χ4n) is 3.67. The van der Waals surface area contributed by atoms with Gasteiger partial charge in [-0.05, 0) is 57.7 Å². The van der Waals surface area contributed by atoms with E-state index in [-0.39, 0.29) is 23.5 Å². The minimum Gasteiger partial charge on any atom is -0.318 e. The molecule has 0 saturated carbocycles. The van der Waals surface area contributed by atoms with Gasteiger partial charge in [0, 0.05) is 24.0 Å². The molecule has 1 amide bonds. The average molecular weight is 432 g/mol. The summed E-state index contributed by atoms with van der Waals surface area (Å²) < 4.78 is 27.9. The first kappa shape index (κ1) is 20.6. The Labute approximate surface area is 170 Å². The molecule has 2 aliphatic heterocycles. The molecule has 150 valence electrons. The molecule has 1 saturated heterocycles. The topological polar surface area (TPSA) is 69.7 Å². The van der Waals surface area contributed by atoms with Crippen molar-refractivity contribution < 1.29 is 13.2 Å². The summed E-state index contributed by atoms with van der Waals surface area (Å²) in [5.74, 6) is -0.300. The van der Waals surface area contributed by atoms with Gasteiger partial charge < -0.3 is 4.90 Å². The van der Waals surface area contributed by atoms with Gasteiger partial charge in [-0.15, -0.1) is 11.3 Å². The zero-order chi connectivity index (χ0) is 19.6. The second-order valence-electron chi connectivity index (χ2n) is 7.26. The minimum absolute atomic E-state index is 0.0396. The van der Waals surface area contributed by atoms with Crippen LogP contribution in [0.15, 0.2) is 23.9 Å². The summed E-state index contributed by atoms with van der Waals surface area (Å²) in [6.45, 7) is 5.68. The Balaban J connectivity index is 1.60. The molecule has 2 aliphatic rings. The van der Waals surface area contributed by atoms with E-state index in [1.165, 1.54) is 11.3 Å². The number of aryl methyl sites for hydroxylation is 1. The molecule has 9 heteroatoms. The van der Waals surface area contributed by atoms with Crippen molar-refractivity contribution >= 4 is 38.9 Å². The summed E-state index contributed by atoms with van der Waals surface area (Å²) >= 11 is 7.25. The number of piperidine rings is 1. The number of hydrogen-bond acceptors (Lipinski definition) is 5. The second-order valence-corrected chi connectivity index (χ2v) is 10.9. The summed E-state index contributed by atoms with van der Waals surface area (Å²) in [7, 11) is -3.59. The van der Waals surface area contributed by atoms with Crippen LogP contribution in [-0.2, 0) is 21.2 Å². The molecule has 0 radical (unpaired) electrons. The third-order valence-electron chi connectivity index (χ3n) is 5.03.